The van der Waals surface area contributed by atoms with Gasteiger partial charge in [-0.15, -0.1) is 0 Å². The molecule has 0 aliphatic carbocycles. The maximum absolute atomic E-state index is 5.23. The Labute approximate surface area is 68.7 Å². The third kappa shape index (κ3) is 3.18. The maximum Gasteiger partial charge on any atom is 0.0608 e. The van der Waals surface area contributed by atoms with E-state index in [0.29, 0.717) is 6.04 Å². The summed E-state index contributed by atoms with van der Waals surface area (Å²) < 4.78 is 5.23. The smallest absolute Gasteiger partial charge is 0.0608 e. The first-order chi connectivity index (χ1) is 5.33. The molecular weight excluding hydrogens is 140 g/mol. The highest BCUT2D eigenvalue weighted by molar-refractivity contribution is 4.61. The molecule has 1 N–H and O–H groups in total. The SMILES string of the molecule is CCC(C)NN1CCOCC1. The van der Waals surface area contributed by atoms with Crippen LogP contribution in [0.3, 0.4) is 0 Å². The number of rotatable bonds is 3. The summed E-state index contributed by atoms with van der Waals surface area (Å²) in [6, 6.07) is 0.591. The normalized spacial score (nSPS) is 23.5. The Morgan fingerprint density at radius 1 is 1.45 bits per heavy atom. The lowest BCUT2D eigenvalue weighted by Crippen LogP contribution is -2.49. The minimum atomic E-state index is 0.591. The number of nitrogens with one attached hydrogen (secondary N) is 1. The molecule has 1 rings (SSSR count). The average Bonchev–Trinajstić information content (AvgIpc) is 2.06. The van der Waals surface area contributed by atoms with Gasteiger partial charge in [0.25, 0.3) is 0 Å². The van der Waals surface area contributed by atoms with Crippen LogP contribution < -0.4 is 5.43 Å². The summed E-state index contributed by atoms with van der Waals surface area (Å²) >= 11 is 0. The number of ether oxygens (including phenoxy) is 1. The Morgan fingerprint density at radius 2 is 2.09 bits per heavy atom. The van der Waals surface area contributed by atoms with E-state index >= 15 is 0 Å². The van der Waals surface area contributed by atoms with E-state index in [0.717, 1.165) is 26.3 Å². The van der Waals surface area contributed by atoms with Crippen LogP contribution >= 0.6 is 0 Å². The van der Waals surface area contributed by atoms with E-state index in [4.69, 9.17) is 4.74 Å². The van der Waals surface area contributed by atoms with Gasteiger partial charge in [0, 0.05) is 19.1 Å². The predicted molar refractivity (Wildman–Crippen MR) is 45.3 cm³/mol. The first-order valence-electron chi connectivity index (χ1n) is 4.41. The van der Waals surface area contributed by atoms with Crippen LogP contribution in [0.5, 0.6) is 0 Å². The van der Waals surface area contributed by atoms with Crippen molar-refractivity contribution in [2.75, 3.05) is 26.3 Å². The topological polar surface area (TPSA) is 24.5 Å². The van der Waals surface area contributed by atoms with Crippen LogP contribution in [0.2, 0.25) is 0 Å². The predicted octanol–water partition coefficient (Wildman–Crippen LogP) is 0.622. The second kappa shape index (κ2) is 4.70. The highest BCUT2D eigenvalue weighted by Gasteiger charge is 2.10. The van der Waals surface area contributed by atoms with Crippen LogP contribution in [0.1, 0.15) is 20.3 Å². The van der Waals surface area contributed by atoms with Crippen LogP contribution in [0.25, 0.3) is 0 Å². The third-order valence-corrected chi connectivity index (χ3v) is 2.03. The lowest BCUT2D eigenvalue weighted by Gasteiger charge is -2.29. The summed E-state index contributed by atoms with van der Waals surface area (Å²) in [5, 5.41) is 2.25. The van der Waals surface area contributed by atoms with E-state index in [1.54, 1.807) is 0 Å². The van der Waals surface area contributed by atoms with E-state index in [-0.39, 0.29) is 0 Å². The molecule has 0 aromatic heterocycles. The number of hydrazine groups is 1. The molecule has 1 atom stereocenters. The summed E-state index contributed by atoms with van der Waals surface area (Å²) in [6.07, 6.45) is 1.18. The molecule has 11 heavy (non-hydrogen) atoms. The summed E-state index contributed by atoms with van der Waals surface area (Å²) in [5.41, 5.74) is 3.42. The van der Waals surface area contributed by atoms with Gasteiger partial charge in [0.05, 0.1) is 13.2 Å². The quantitative estimate of drug-likeness (QED) is 0.651. The largest absolute Gasteiger partial charge is 0.379 e. The van der Waals surface area contributed by atoms with E-state index in [9.17, 15) is 0 Å². The Kier molecular flexibility index (Phi) is 3.83. The zero-order valence-corrected chi connectivity index (χ0v) is 7.47. The van der Waals surface area contributed by atoms with Gasteiger partial charge in [-0.05, 0) is 13.3 Å². The van der Waals surface area contributed by atoms with Crippen LogP contribution in [0.4, 0.5) is 0 Å². The van der Waals surface area contributed by atoms with Gasteiger partial charge in [-0.2, -0.15) is 0 Å². The molecule has 0 amide bonds. The van der Waals surface area contributed by atoms with Gasteiger partial charge >= 0.3 is 0 Å². The summed E-state index contributed by atoms with van der Waals surface area (Å²) in [6.45, 7) is 8.16. The Bertz CT molecular complexity index is 102. The molecule has 1 unspecified atom stereocenters. The highest BCUT2D eigenvalue weighted by atomic mass is 16.5. The molecule has 1 heterocycles. The fourth-order valence-corrected chi connectivity index (χ4v) is 1.10. The standard InChI is InChI=1S/C8H18N2O/c1-3-8(2)9-10-4-6-11-7-5-10/h8-9H,3-7H2,1-2H3. The van der Waals surface area contributed by atoms with Gasteiger partial charge in [-0.25, -0.2) is 5.01 Å². The molecule has 1 saturated heterocycles. The first-order valence-corrected chi connectivity index (χ1v) is 4.41. The van der Waals surface area contributed by atoms with E-state index in [2.05, 4.69) is 24.3 Å². The number of hydrogen-bond donors (Lipinski definition) is 1. The summed E-state index contributed by atoms with van der Waals surface area (Å²) in [7, 11) is 0. The fraction of sp³-hybridized carbons (Fsp3) is 1.00. The summed E-state index contributed by atoms with van der Waals surface area (Å²) in [5.74, 6) is 0. The molecule has 66 valence electrons. The van der Waals surface area contributed by atoms with Crippen molar-refractivity contribution >= 4 is 0 Å². The molecule has 3 heteroatoms. The minimum absolute atomic E-state index is 0.591. The molecule has 1 aliphatic heterocycles. The fourth-order valence-electron chi connectivity index (χ4n) is 1.10. The zero-order valence-electron chi connectivity index (χ0n) is 7.47. The van der Waals surface area contributed by atoms with E-state index < -0.39 is 0 Å². The second-order valence-electron chi connectivity index (χ2n) is 3.04. The second-order valence-corrected chi connectivity index (χ2v) is 3.04. The van der Waals surface area contributed by atoms with E-state index in [1.807, 2.05) is 0 Å². The molecule has 0 saturated carbocycles. The van der Waals surface area contributed by atoms with Crippen LogP contribution in [0, 0.1) is 0 Å². The van der Waals surface area contributed by atoms with Crippen LogP contribution in [-0.2, 0) is 4.74 Å². The van der Waals surface area contributed by atoms with Gasteiger partial charge in [0.2, 0.25) is 0 Å². The number of hydrogen-bond acceptors (Lipinski definition) is 3. The van der Waals surface area contributed by atoms with Crippen molar-refractivity contribution in [1.29, 1.82) is 0 Å². The summed E-state index contributed by atoms with van der Waals surface area (Å²) in [4.78, 5) is 0. The van der Waals surface area contributed by atoms with Gasteiger partial charge < -0.3 is 4.74 Å². The molecule has 3 nitrogen and oxygen atoms in total. The molecule has 0 radical (unpaired) electrons. The number of morpholine rings is 1. The maximum atomic E-state index is 5.23. The monoisotopic (exact) mass is 158 g/mol. The van der Waals surface area contributed by atoms with Crippen molar-refractivity contribution in [3.63, 3.8) is 0 Å². The third-order valence-electron chi connectivity index (χ3n) is 2.03. The van der Waals surface area contributed by atoms with Gasteiger partial charge in [-0.1, -0.05) is 6.92 Å². The molecule has 1 fully saturated rings. The lowest BCUT2D eigenvalue weighted by atomic mass is 10.3. The van der Waals surface area contributed by atoms with Gasteiger partial charge in [0.1, 0.15) is 0 Å². The zero-order chi connectivity index (χ0) is 8.10. The van der Waals surface area contributed by atoms with Crippen molar-refractivity contribution in [3.8, 4) is 0 Å². The van der Waals surface area contributed by atoms with Crippen molar-refractivity contribution < 1.29 is 4.74 Å². The highest BCUT2D eigenvalue weighted by Crippen LogP contribution is 1.95. The Hall–Kier alpha value is -0.120. The van der Waals surface area contributed by atoms with Gasteiger partial charge in [0.15, 0.2) is 0 Å². The molecule has 0 spiro atoms. The lowest BCUT2D eigenvalue weighted by molar-refractivity contribution is 0.00480. The Morgan fingerprint density at radius 3 is 2.64 bits per heavy atom. The Balaban J connectivity index is 2.13. The van der Waals surface area contributed by atoms with Crippen molar-refractivity contribution in [3.05, 3.63) is 0 Å². The van der Waals surface area contributed by atoms with Crippen molar-refractivity contribution in [2.24, 2.45) is 0 Å². The molecule has 0 aromatic carbocycles. The minimum Gasteiger partial charge on any atom is -0.379 e. The molecule has 0 bridgehead atoms. The van der Waals surface area contributed by atoms with Crippen LogP contribution in [-0.4, -0.2) is 37.4 Å². The van der Waals surface area contributed by atoms with Crippen LogP contribution in [0.15, 0.2) is 0 Å². The average molecular weight is 158 g/mol. The number of nitrogens with zero attached hydrogens (tertiary/aromatic N) is 1. The van der Waals surface area contributed by atoms with Gasteiger partial charge in [-0.3, -0.25) is 5.43 Å². The van der Waals surface area contributed by atoms with Crippen molar-refractivity contribution in [2.45, 2.75) is 26.3 Å². The molecular formula is C8H18N2O. The van der Waals surface area contributed by atoms with E-state index in [1.165, 1.54) is 6.42 Å². The van der Waals surface area contributed by atoms with Crippen molar-refractivity contribution in [1.82, 2.24) is 10.4 Å². The molecule has 0 aromatic rings. The first kappa shape index (κ1) is 8.97. The molecule has 1 aliphatic rings.